The van der Waals surface area contributed by atoms with E-state index in [2.05, 4.69) is 15.4 Å². The zero-order chi connectivity index (χ0) is 18.7. The van der Waals surface area contributed by atoms with E-state index in [4.69, 9.17) is 4.74 Å². The van der Waals surface area contributed by atoms with E-state index in [0.717, 1.165) is 11.4 Å². The summed E-state index contributed by atoms with van der Waals surface area (Å²) >= 11 is 1.37. The topological polar surface area (TPSA) is 89.0 Å². The van der Waals surface area contributed by atoms with Gasteiger partial charge in [-0.2, -0.15) is 4.68 Å². The average Bonchev–Trinajstić information content (AvgIpc) is 3.15. The van der Waals surface area contributed by atoms with Crippen LogP contribution in [0, 0.1) is 13.8 Å². The maximum Gasteiger partial charge on any atom is 0.277 e. The highest BCUT2D eigenvalue weighted by Gasteiger charge is 2.17. The molecule has 7 nitrogen and oxygen atoms in total. The highest BCUT2D eigenvalue weighted by atomic mass is 32.1. The summed E-state index contributed by atoms with van der Waals surface area (Å²) in [6.07, 6.45) is -0.00820. The van der Waals surface area contributed by atoms with E-state index in [9.17, 15) is 9.59 Å². The molecule has 3 aromatic rings. The molecule has 0 aliphatic heterocycles. The van der Waals surface area contributed by atoms with Crippen LogP contribution in [-0.4, -0.2) is 27.3 Å². The van der Waals surface area contributed by atoms with Gasteiger partial charge in [-0.3, -0.25) is 14.7 Å². The van der Waals surface area contributed by atoms with Crippen LogP contribution in [0.4, 0.5) is 5.69 Å². The fourth-order valence-corrected chi connectivity index (χ4v) is 3.29. The predicted octanol–water partition coefficient (Wildman–Crippen LogP) is 2.82. The van der Waals surface area contributed by atoms with E-state index in [1.807, 2.05) is 19.2 Å². The molecule has 8 heteroatoms. The van der Waals surface area contributed by atoms with E-state index in [0.29, 0.717) is 28.7 Å². The molecule has 0 radical (unpaired) electrons. The summed E-state index contributed by atoms with van der Waals surface area (Å²) in [6.45, 7) is 6.14. The van der Waals surface area contributed by atoms with Gasteiger partial charge in [-0.25, -0.2) is 4.98 Å². The van der Waals surface area contributed by atoms with E-state index in [-0.39, 0.29) is 17.9 Å². The summed E-state index contributed by atoms with van der Waals surface area (Å²) in [7, 11) is 0. The molecule has 0 aliphatic carbocycles. The third-order valence-electron chi connectivity index (χ3n) is 3.78. The number of benzene rings is 1. The minimum atomic E-state index is -0.254. The Morgan fingerprint density at radius 3 is 2.65 bits per heavy atom. The SMILES string of the molecule is CCOc1ccc(NC(=O)Cc2c(C)[nH]n(-c3nc(C)cs3)c2=O)cc1. The van der Waals surface area contributed by atoms with Crippen LogP contribution in [0.3, 0.4) is 0 Å². The molecule has 0 bridgehead atoms. The summed E-state index contributed by atoms with van der Waals surface area (Å²) in [5, 5.41) is 8.22. The van der Waals surface area contributed by atoms with Gasteiger partial charge in [0.1, 0.15) is 5.75 Å². The summed E-state index contributed by atoms with van der Waals surface area (Å²) in [5.74, 6) is 0.490. The third kappa shape index (κ3) is 3.85. The largest absolute Gasteiger partial charge is 0.494 e. The van der Waals surface area contributed by atoms with Crippen LogP contribution in [0.15, 0.2) is 34.4 Å². The number of aryl methyl sites for hydroxylation is 2. The van der Waals surface area contributed by atoms with Crippen LogP contribution in [0.5, 0.6) is 5.75 Å². The number of ether oxygens (including phenoxy) is 1. The Kier molecular flexibility index (Phi) is 5.22. The second-order valence-corrected chi connectivity index (χ2v) is 6.65. The highest BCUT2D eigenvalue weighted by molar-refractivity contribution is 7.12. The number of carbonyl (C=O) groups is 1. The third-order valence-corrected chi connectivity index (χ3v) is 4.72. The van der Waals surface area contributed by atoms with E-state index >= 15 is 0 Å². The number of H-pyrrole nitrogens is 1. The first-order chi connectivity index (χ1) is 12.5. The summed E-state index contributed by atoms with van der Waals surface area (Å²) < 4.78 is 6.76. The van der Waals surface area contributed by atoms with Gasteiger partial charge in [0, 0.05) is 22.3 Å². The second-order valence-electron chi connectivity index (χ2n) is 5.81. The molecule has 0 atom stereocenters. The predicted molar refractivity (Wildman–Crippen MR) is 101 cm³/mol. The van der Waals surface area contributed by atoms with Gasteiger partial charge < -0.3 is 10.1 Å². The van der Waals surface area contributed by atoms with Crippen molar-refractivity contribution in [3.8, 4) is 10.9 Å². The van der Waals surface area contributed by atoms with Crippen LogP contribution < -0.4 is 15.6 Å². The van der Waals surface area contributed by atoms with Crippen LogP contribution >= 0.6 is 11.3 Å². The van der Waals surface area contributed by atoms with Crippen molar-refractivity contribution in [2.45, 2.75) is 27.2 Å². The minimum absolute atomic E-state index is 0.00820. The van der Waals surface area contributed by atoms with Gasteiger partial charge in [0.2, 0.25) is 11.0 Å². The normalized spacial score (nSPS) is 10.7. The van der Waals surface area contributed by atoms with Gasteiger partial charge in [0.05, 0.1) is 18.7 Å². The first kappa shape index (κ1) is 17.9. The fourth-order valence-electron chi connectivity index (χ4n) is 2.54. The Balaban J connectivity index is 1.73. The molecule has 2 N–H and O–H groups in total. The van der Waals surface area contributed by atoms with Crippen molar-refractivity contribution < 1.29 is 9.53 Å². The maximum atomic E-state index is 12.6. The molecular formula is C18H20N4O3S. The summed E-state index contributed by atoms with van der Waals surface area (Å²) in [4.78, 5) is 29.2. The Hall–Kier alpha value is -2.87. The van der Waals surface area contributed by atoms with E-state index in [1.54, 1.807) is 31.2 Å². The molecule has 0 saturated carbocycles. The molecule has 1 aromatic carbocycles. The molecule has 3 rings (SSSR count). The Morgan fingerprint density at radius 2 is 2.04 bits per heavy atom. The van der Waals surface area contributed by atoms with Crippen LogP contribution in [0.25, 0.3) is 5.13 Å². The van der Waals surface area contributed by atoms with Gasteiger partial charge in [0.15, 0.2) is 0 Å². The molecule has 0 unspecified atom stereocenters. The van der Waals surface area contributed by atoms with Crippen molar-refractivity contribution in [3.63, 3.8) is 0 Å². The molecule has 0 saturated heterocycles. The molecular weight excluding hydrogens is 352 g/mol. The standard InChI is InChI=1S/C18H20N4O3S/c1-4-25-14-7-5-13(6-8-14)20-16(23)9-15-12(3)21-22(17(15)24)18-19-11(2)10-26-18/h5-8,10,21H,4,9H2,1-3H3,(H,20,23). The van der Waals surface area contributed by atoms with Crippen LogP contribution in [0.1, 0.15) is 23.9 Å². The first-order valence-corrected chi connectivity index (χ1v) is 9.11. The van der Waals surface area contributed by atoms with Crippen LogP contribution in [0.2, 0.25) is 0 Å². The number of aromatic nitrogens is 3. The Bertz CT molecular complexity index is 969. The summed E-state index contributed by atoms with van der Waals surface area (Å²) in [5.41, 5.74) is 2.34. The number of aromatic amines is 1. The quantitative estimate of drug-likeness (QED) is 0.696. The number of hydrogen-bond donors (Lipinski definition) is 2. The fraction of sp³-hybridized carbons (Fsp3) is 0.278. The average molecular weight is 372 g/mol. The molecule has 2 aromatic heterocycles. The van der Waals surface area contributed by atoms with Gasteiger partial charge in [-0.15, -0.1) is 11.3 Å². The van der Waals surface area contributed by atoms with Crippen molar-refractivity contribution in [2.75, 3.05) is 11.9 Å². The zero-order valence-corrected chi connectivity index (χ0v) is 15.6. The molecule has 2 heterocycles. The monoisotopic (exact) mass is 372 g/mol. The Labute approximate surface area is 154 Å². The molecule has 26 heavy (non-hydrogen) atoms. The van der Waals surface area contributed by atoms with E-state index < -0.39 is 0 Å². The van der Waals surface area contributed by atoms with Crippen molar-refractivity contribution in [1.29, 1.82) is 0 Å². The summed E-state index contributed by atoms with van der Waals surface area (Å²) in [6, 6.07) is 7.11. The lowest BCUT2D eigenvalue weighted by molar-refractivity contribution is -0.115. The van der Waals surface area contributed by atoms with E-state index in [1.165, 1.54) is 16.0 Å². The van der Waals surface area contributed by atoms with Gasteiger partial charge in [-0.1, -0.05) is 0 Å². The molecule has 1 amide bonds. The number of anilines is 1. The number of nitrogens with one attached hydrogen (secondary N) is 2. The Morgan fingerprint density at radius 1 is 1.31 bits per heavy atom. The van der Waals surface area contributed by atoms with Crippen molar-refractivity contribution in [2.24, 2.45) is 0 Å². The first-order valence-electron chi connectivity index (χ1n) is 8.23. The number of rotatable bonds is 6. The lowest BCUT2D eigenvalue weighted by atomic mass is 10.2. The zero-order valence-electron chi connectivity index (χ0n) is 14.8. The maximum absolute atomic E-state index is 12.6. The lowest BCUT2D eigenvalue weighted by Crippen LogP contribution is -2.22. The number of nitrogens with zero attached hydrogens (tertiary/aromatic N) is 2. The van der Waals surface area contributed by atoms with Crippen molar-refractivity contribution in [3.05, 3.63) is 57.0 Å². The van der Waals surface area contributed by atoms with Crippen molar-refractivity contribution in [1.82, 2.24) is 14.8 Å². The molecule has 0 aliphatic rings. The number of hydrogen-bond acceptors (Lipinski definition) is 5. The highest BCUT2D eigenvalue weighted by Crippen LogP contribution is 2.16. The van der Waals surface area contributed by atoms with Crippen LogP contribution in [-0.2, 0) is 11.2 Å². The second kappa shape index (κ2) is 7.57. The number of thiazole rings is 1. The smallest absolute Gasteiger partial charge is 0.277 e. The number of carbonyl (C=O) groups excluding carboxylic acids is 1. The van der Waals surface area contributed by atoms with Crippen molar-refractivity contribution >= 4 is 22.9 Å². The van der Waals surface area contributed by atoms with Gasteiger partial charge >= 0.3 is 0 Å². The minimum Gasteiger partial charge on any atom is -0.494 e. The number of amides is 1. The molecule has 0 spiro atoms. The molecule has 136 valence electrons. The van der Waals surface area contributed by atoms with Gasteiger partial charge in [0.25, 0.3) is 5.56 Å². The van der Waals surface area contributed by atoms with Gasteiger partial charge in [-0.05, 0) is 45.0 Å². The lowest BCUT2D eigenvalue weighted by Gasteiger charge is -2.06. The molecule has 0 fully saturated rings.